The molecule has 0 saturated heterocycles. The number of carbonyl (C=O) groups excluding carboxylic acids is 3. The Morgan fingerprint density at radius 1 is 1.05 bits per heavy atom. The summed E-state index contributed by atoms with van der Waals surface area (Å²) in [7, 11) is 2.77. The summed E-state index contributed by atoms with van der Waals surface area (Å²) in [5, 5.41) is 0. The smallest absolute Gasteiger partial charge is 0.342 e. The first-order chi connectivity index (χ1) is 10.0. The molecule has 0 bridgehead atoms. The van der Waals surface area contributed by atoms with Gasteiger partial charge in [0.05, 0.1) is 32.0 Å². The molecule has 0 aromatic heterocycles. The molecular formula is C15H14O6. The average molecular weight is 290 g/mol. The summed E-state index contributed by atoms with van der Waals surface area (Å²) in [6.07, 6.45) is 0.977. The normalized spacial score (nSPS) is 13.4. The number of carbonyl (C=O) groups is 3. The molecule has 6 nitrogen and oxygen atoms in total. The summed E-state index contributed by atoms with van der Waals surface area (Å²) in [5.41, 5.74) is -0.191. The summed E-state index contributed by atoms with van der Waals surface area (Å²) in [6, 6.07) is 3.04. The fourth-order valence-electron chi connectivity index (χ4n) is 2.14. The highest BCUT2D eigenvalue weighted by atomic mass is 16.5. The van der Waals surface area contributed by atoms with Crippen LogP contribution in [0.15, 0.2) is 23.8 Å². The third-order valence-corrected chi connectivity index (χ3v) is 3.06. The predicted octanol–water partition coefficient (Wildman–Crippen LogP) is 1.57. The van der Waals surface area contributed by atoms with Crippen LogP contribution in [0.3, 0.4) is 0 Å². The number of methoxy groups -OCH3 is 2. The molecule has 0 unspecified atom stereocenters. The van der Waals surface area contributed by atoms with Gasteiger partial charge in [-0.15, -0.1) is 0 Å². The van der Waals surface area contributed by atoms with Gasteiger partial charge in [0, 0.05) is 6.08 Å². The molecule has 0 radical (unpaired) electrons. The molecule has 0 spiro atoms. The Balaban J connectivity index is 2.63. The number of ketones is 2. The van der Waals surface area contributed by atoms with E-state index in [1.807, 2.05) is 0 Å². The van der Waals surface area contributed by atoms with Gasteiger partial charge in [0.25, 0.3) is 0 Å². The first-order valence-electron chi connectivity index (χ1n) is 6.28. The zero-order chi connectivity index (χ0) is 15.6. The second-order valence-electron chi connectivity index (χ2n) is 4.19. The van der Waals surface area contributed by atoms with Crippen LogP contribution in [-0.4, -0.2) is 38.4 Å². The lowest BCUT2D eigenvalue weighted by atomic mass is 9.88. The maximum Gasteiger partial charge on any atom is 0.342 e. The van der Waals surface area contributed by atoms with E-state index in [9.17, 15) is 14.4 Å². The van der Waals surface area contributed by atoms with E-state index < -0.39 is 17.5 Å². The van der Waals surface area contributed by atoms with Crippen molar-refractivity contribution in [1.29, 1.82) is 0 Å². The van der Waals surface area contributed by atoms with Gasteiger partial charge >= 0.3 is 5.97 Å². The molecule has 1 aliphatic carbocycles. The number of hydrogen-bond donors (Lipinski definition) is 0. The minimum atomic E-state index is -0.827. The monoisotopic (exact) mass is 290 g/mol. The highest BCUT2D eigenvalue weighted by Gasteiger charge is 2.35. The highest BCUT2D eigenvalue weighted by Crippen LogP contribution is 2.35. The van der Waals surface area contributed by atoms with Crippen molar-refractivity contribution >= 4 is 17.5 Å². The van der Waals surface area contributed by atoms with Crippen LogP contribution in [0.2, 0.25) is 0 Å². The van der Waals surface area contributed by atoms with Crippen LogP contribution in [0.1, 0.15) is 27.6 Å². The first kappa shape index (κ1) is 14.8. The molecule has 21 heavy (non-hydrogen) atoms. The van der Waals surface area contributed by atoms with Gasteiger partial charge in [0.2, 0.25) is 5.78 Å². The number of ether oxygens (including phenoxy) is 3. The van der Waals surface area contributed by atoms with Crippen LogP contribution in [0.5, 0.6) is 11.5 Å². The van der Waals surface area contributed by atoms with Gasteiger partial charge in [-0.2, -0.15) is 0 Å². The highest BCUT2D eigenvalue weighted by molar-refractivity contribution is 6.35. The van der Waals surface area contributed by atoms with Crippen LogP contribution >= 0.6 is 0 Å². The molecule has 6 heteroatoms. The number of allylic oxidation sites excluding steroid dienone is 1. The molecule has 1 aromatic carbocycles. The maximum atomic E-state index is 12.5. The van der Waals surface area contributed by atoms with Gasteiger partial charge in [-0.1, -0.05) is 0 Å². The van der Waals surface area contributed by atoms with Crippen molar-refractivity contribution in [2.75, 3.05) is 20.8 Å². The Bertz CT molecular complexity index is 656. The van der Waals surface area contributed by atoms with Crippen LogP contribution < -0.4 is 9.47 Å². The largest absolute Gasteiger partial charge is 0.496 e. The number of fused-ring (bicyclic) bond motifs is 1. The summed E-state index contributed by atoms with van der Waals surface area (Å²) in [5.74, 6) is -1.48. The standard InChI is InChI=1S/C15H14O6/c1-4-21-15(18)8-7-9(16)12-10(19-2)5-6-11(20-3)13(12)14(8)17/h5-7H,4H2,1-3H3. The molecule has 1 aliphatic rings. The maximum absolute atomic E-state index is 12.5. The van der Waals surface area contributed by atoms with E-state index in [-0.39, 0.29) is 34.8 Å². The lowest BCUT2D eigenvalue weighted by molar-refractivity contribution is -0.138. The van der Waals surface area contributed by atoms with Crippen molar-refractivity contribution < 1.29 is 28.6 Å². The zero-order valence-corrected chi connectivity index (χ0v) is 11.9. The Morgan fingerprint density at radius 3 is 2.14 bits per heavy atom. The lowest BCUT2D eigenvalue weighted by Crippen LogP contribution is -2.24. The van der Waals surface area contributed by atoms with E-state index in [0.29, 0.717) is 0 Å². The summed E-state index contributed by atoms with van der Waals surface area (Å²) < 4.78 is 15.0. The third-order valence-electron chi connectivity index (χ3n) is 3.06. The number of hydrogen-bond acceptors (Lipinski definition) is 6. The van der Waals surface area contributed by atoms with E-state index in [0.717, 1.165) is 6.08 Å². The Hall–Kier alpha value is -2.63. The van der Waals surface area contributed by atoms with E-state index in [2.05, 4.69) is 0 Å². The Morgan fingerprint density at radius 2 is 1.62 bits per heavy atom. The summed E-state index contributed by atoms with van der Waals surface area (Å²) >= 11 is 0. The quantitative estimate of drug-likeness (QED) is 0.618. The van der Waals surface area contributed by atoms with Crippen molar-refractivity contribution in [2.24, 2.45) is 0 Å². The topological polar surface area (TPSA) is 78.9 Å². The molecule has 0 fully saturated rings. The molecule has 0 saturated carbocycles. The lowest BCUT2D eigenvalue weighted by Gasteiger charge is -2.19. The molecule has 0 atom stereocenters. The fraction of sp³-hybridized carbons (Fsp3) is 0.267. The van der Waals surface area contributed by atoms with Crippen molar-refractivity contribution in [1.82, 2.24) is 0 Å². The Labute approximate surface area is 121 Å². The SMILES string of the molecule is CCOC(=O)C1=CC(=O)c2c(OC)ccc(OC)c2C1=O. The molecule has 0 aliphatic heterocycles. The number of Topliss-reactive ketones (excluding diaryl/α,β-unsaturated/α-hetero) is 1. The summed E-state index contributed by atoms with van der Waals surface area (Å²) in [6.45, 7) is 1.73. The van der Waals surface area contributed by atoms with E-state index in [1.165, 1.54) is 26.4 Å². The molecule has 0 amide bonds. The molecular weight excluding hydrogens is 276 g/mol. The first-order valence-corrected chi connectivity index (χ1v) is 6.28. The van der Waals surface area contributed by atoms with Crippen molar-refractivity contribution in [3.05, 3.63) is 34.9 Å². The fourth-order valence-corrected chi connectivity index (χ4v) is 2.14. The molecule has 110 valence electrons. The minimum Gasteiger partial charge on any atom is -0.496 e. The molecule has 1 aromatic rings. The van der Waals surface area contributed by atoms with Crippen LogP contribution in [0.25, 0.3) is 0 Å². The number of esters is 1. The minimum absolute atomic E-state index is 0.0207. The van der Waals surface area contributed by atoms with E-state index in [1.54, 1.807) is 6.92 Å². The van der Waals surface area contributed by atoms with Crippen molar-refractivity contribution in [3.8, 4) is 11.5 Å². The second-order valence-corrected chi connectivity index (χ2v) is 4.19. The van der Waals surface area contributed by atoms with Gasteiger partial charge in [-0.05, 0) is 19.1 Å². The van der Waals surface area contributed by atoms with Crippen LogP contribution in [-0.2, 0) is 9.53 Å². The van der Waals surface area contributed by atoms with Crippen molar-refractivity contribution in [2.45, 2.75) is 6.92 Å². The number of rotatable bonds is 4. The molecule has 2 rings (SSSR count). The van der Waals surface area contributed by atoms with Crippen LogP contribution in [0, 0.1) is 0 Å². The molecule has 0 heterocycles. The van der Waals surface area contributed by atoms with Gasteiger partial charge in [0.1, 0.15) is 17.1 Å². The second kappa shape index (κ2) is 5.78. The zero-order valence-electron chi connectivity index (χ0n) is 11.9. The van der Waals surface area contributed by atoms with Crippen LogP contribution in [0.4, 0.5) is 0 Å². The van der Waals surface area contributed by atoms with Gasteiger partial charge < -0.3 is 14.2 Å². The van der Waals surface area contributed by atoms with Gasteiger partial charge in [0.15, 0.2) is 5.78 Å². The molecule has 0 N–H and O–H groups in total. The third kappa shape index (κ3) is 2.40. The summed E-state index contributed by atoms with van der Waals surface area (Å²) in [4.78, 5) is 36.5. The van der Waals surface area contributed by atoms with Crippen molar-refractivity contribution in [3.63, 3.8) is 0 Å². The Kier molecular flexibility index (Phi) is 4.07. The predicted molar refractivity (Wildman–Crippen MR) is 72.9 cm³/mol. The van der Waals surface area contributed by atoms with Gasteiger partial charge in [-0.25, -0.2) is 4.79 Å². The number of benzene rings is 1. The van der Waals surface area contributed by atoms with E-state index >= 15 is 0 Å². The van der Waals surface area contributed by atoms with E-state index in [4.69, 9.17) is 14.2 Å². The average Bonchev–Trinajstić information content (AvgIpc) is 2.49. The van der Waals surface area contributed by atoms with Gasteiger partial charge in [-0.3, -0.25) is 9.59 Å².